The van der Waals surface area contributed by atoms with Gasteiger partial charge in [-0.25, -0.2) is 0 Å². The molecule has 0 aromatic heterocycles. The Labute approximate surface area is 85.5 Å². The Morgan fingerprint density at radius 3 is 2.86 bits per heavy atom. The summed E-state index contributed by atoms with van der Waals surface area (Å²) in [7, 11) is 0. The lowest BCUT2D eigenvalue weighted by atomic mass is 9.79. The van der Waals surface area contributed by atoms with Crippen LogP contribution in [-0.4, -0.2) is 23.8 Å². The average Bonchev–Trinajstić information content (AvgIpc) is 2.18. The molecule has 1 fully saturated rings. The molecule has 0 spiro atoms. The zero-order valence-electron chi connectivity index (χ0n) is 9.03. The predicted molar refractivity (Wildman–Crippen MR) is 53.8 cm³/mol. The first kappa shape index (κ1) is 11.5. The number of esters is 1. The Morgan fingerprint density at radius 2 is 2.21 bits per heavy atom. The first-order valence-electron chi connectivity index (χ1n) is 5.49. The van der Waals surface area contributed by atoms with Crippen molar-refractivity contribution in [2.75, 3.05) is 6.61 Å². The van der Waals surface area contributed by atoms with Crippen LogP contribution in [0.25, 0.3) is 0 Å². The van der Waals surface area contributed by atoms with E-state index in [0.717, 1.165) is 19.3 Å². The van der Waals surface area contributed by atoms with Crippen LogP contribution >= 0.6 is 0 Å². The van der Waals surface area contributed by atoms with E-state index in [2.05, 4.69) is 6.92 Å². The molecule has 3 heteroatoms. The molecule has 14 heavy (non-hydrogen) atoms. The molecule has 3 atom stereocenters. The van der Waals surface area contributed by atoms with Crippen molar-refractivity contribution >= 4 is 5.97 Å². The fourth-order valence-electron chi connectivity index (χ4n) is 1.94. The molecule has 1 rings (SSSR count). The Kier molecular flexibility index (Phi) is 4.39. The lowest BCUT2D eigenvalue weighted by Gasteiger charge is -2.30. The number of hydrogen-bond donors (Lipinski definition) is 1. The number of aliphatic hydroxyl groups is 1. The minimum Gasteiger partial charge on any atom is -0.465 e. The lowest BCUT2D eigenvalue weighted by molar-refractivity contribution is -0.153. The summed E-state index contributed by atoms with van der Waals surface area (Å²) in [4.78, 5) is 11.6. The fraction of sp³-hybridized carbons (Fsp3) is 0.909. The highest BCUT2D eigenvalue weighted by atomic mass is 16.5. The van der Waals surface area contributed by atoms with Crippen molar-refractivity contribution in [3.8, 4) is 0 Å². The normalized spacial score (nSPS) is 32.6. The molecule has 1 N–H and O–H groups in total. The zero-order valence-corrected chi connectivity index (χ0v) is 9.03. The van der Waals surface area contributed by atoms with Crippen LogP contribution in [0, 0.1) is 11.8 Å². The van der Waals surface area contributed by atoms with E-state index in [9.17, 15) is 9.90 Å². The molecule has 0 aromatic carbocycles. The van der Waals surface area contributed by atoms with Gasteiger partial charge in [0.25, 0.3) is 0 Å². The monoisotopic (exact) mass is 200 g/mol. The number of carbonyl (C=O) groups excluding carboxylic acids is 1. The summed E-state index contributed by atoms with van der Waals surface area (Å²) in [5.74, 6) is 0.131. The van der Waals surface area contributed by atoms with Crippen LogP contribution in [0.4, 0.5) is 0 Å². The summed E-state index contributed by atoms with van der Waals surface area (Å²) >= 11 is 0. The molecular weight excluding hydrogens is 180 g/mol. The molecule has 82 valence electrons. The highest BCUT2D eigenvalue weighted by Gasteiger charge is 2.32. The Balaban J connectivity index is 2.43. The number of hydrogen-bond acceptors (Lipinski definition) is 3. The third kappa shape index (κ3) is 2.98. The quantitative estimate of drug-likeness (QED) is 0.706. The largest absolute Gasteiger partial charge is 0.465 e. The van der Waals surface area contributed by atoms with Gasteiger partial charge >= 0.3 is 5.97 Å². The molecule has 0 saturated heterocycles. The van der Waals surface area contributed by atoms with Crippen molar-refractivity contribution < 1.29 is 14.6 Å². The van der Waals surface area contributed by atoms with Crippen LogP contribution in [0.1, 0.15) is 39.5 Å². The lowest BCUT2D eigenvalue weighted by Crippen LogP contribution is -2.33. The van der Waals surface area contributed by atoms with Gasteiger partial charge in [-0.05, 0) is 31.6 Å². The van der Waals surface area contributed by atoms with E-state index in [0.29, 0.717) is 18.9 Å². The van der Waals surface area contributed by atoms with E-state index in [1.54, 1.807) is 0 Å². The van der Waals surface area contributed by atoms with Gasteiger partial charge in [-0.15, -0.1) is 0 Å². The van der Waals surface area contributed by atoms with Gasteiger partial charge in [0.15, 0.2) is 0 Å². The van der Waals surface area contributed by atoms with Crippen molar-refractivity contribution in [2.24, 2.45) is 11.8 Å². The van der Waals surface area contributed by atoms with Crippen LogP contribution in [0.2, 0.25) is 0 Å². The highest BCUT2D eigenvalue weighted by Crippen LogP contribution is 2.30. The van der Waals surface area contributed by atoms with E-state index < -0.39 is 0 Å². The maximum atomic E-state index is 11.6. The zero-order chi connectivity index (χ0) is 10.6. The first-order valence-corrected chi connectivity index (χ1v) is 5.49. The molecule has 3 nitrogen and oxygen atoms in total. The summed E-state index contributed by atoms with van der Waals surface area (Å²) in [6.45, 7) is 4.54. The van der Waals surface area contributed by atoms with Crippen LogP contribution < -0.4 is 0 Å². The van der Waals surface area contributed by atoms with Gasteiger partial charge in [0.05, 0.1) is 18.6 Å². The fourth-order valence-corrected chi connectivity index (χ4v) is 1.94. The van der Waals surface area contributed by atoms with Gasteiger partial charge in [0.1, 0.15) is 0 Å². The summed E-state index contributed by atoms with van der Waals surface area (Å²) in [5.41, 5.74) is 0. The maximum absolute atomic E-state index is 11.6. The number of aliphatic hydroxyl groups excluding tert-OH is 1. The predicted octanol–water partition coefficient (Wildman–Crippen LogP) is 1.74. The van der Waals surface area contributed by atoms with Gasteiger partial charge in [0, 0.05) is 0 Å². The molecule has 0 radical (unpaired) electrons. The molecular formula is C11H20O3. The summed E-state index contributed by atoms with van der Waals surface area (Å²) in [5, 5.41) is 9.46. The first-order chi connectivity index (χ1) is 6.65. The molecule has 0 bridgehead atoms. The van der Waals surface area contributed by atoms with Gasteiger partial charge in [0.2, 0.25) is 0 Å². The Hall–Kier alpha value is -0.570. The molecule has 1 aliphatic rings. The average molecular weight is 200 g/mol. The van der Waals surface area contributed by atoms with Crippen molar-refractivity contribution in [1.82, 2.24) is 0 Å². The van der Waals surface area contributed by atoms with Gasteiger partial charge in [-0.3, -0.25) is 4.79 Å². The van der Waals surface area contributed by atoms with E-state index in [4.69, 9.17) is 4.74 Å². The minimum absolute atomic E-state index is 0.0923. The van der Waals surface area contributed by atoms with Crippen molar-refractivity contribution in [3.05, 3.63) is 0 Å². The van der Waals surface area contributed by atoms with Crippen LogP contribution in [-0.2, 0) is 9.53 Å². The molecule has 3 unspecified atom stereocenters. The summed E-state index contributed by atoms with van der Waals surface area (Å²) in [6, 6.07) is 0. The molecule has 0 heterocycles. The van der Waals surface area contributed by atoms with E-state index in [-0.39, 0.29) is 18.0 Å². The van der Waals surface area contributed by atoms with Gasteiger partial charge < -0.3 is 9.84 Å². The second kappa shape index (κ2) is 5.35. The van der Waals surface area contributed by atoms with Crippen LogP contribution in [0.15, 0.2) is 0 Å². The Morgan fingerprint density at radius 1 is 1.50 bits per heavy atom. The van der Waals surface area contributed by atoms with E-state index in [1.165, 1.54) is 0 Å². The molecule has 1 saturated carbocycles. The second-order valence-corrected chi connectivity index (χ2v) is 4.22. The molecule has 1 aliphatic carbocycles. The van der Waals surface area contributed by atoms with Crippen molar-refractivity contribution in [2.45, 2.75) is 45.6 Å². The van der Waals surface area contributed by atoms with E-state index >= 15 is 0 Å². The summed E-state index contributed by atoms with van der Waals surface area (Å²) < 4.78 is 5.10. The maximum Gasteiger partial charge on any atom is 0.309 e. The Bertz CT molecular complexity index is 191. The third-order valence-electron chi connectivity index (χ3n) is 2.92. The van der Waals surface area contributed by atoms with Crippen molar-refractivity contribution in [1.29, 1.82) is 0 Å². The number of rotatable bonds is 3. The molecule has 0 amide bonds. The smallest absolute Gasteiger partial charge is 0.309 e. The third-order valence-corrected chi connectivity index (χ3v) is 2.92. The minimum atomic E-state index is -0.314. The SMILES string of the molecule is CCCOC(=O)C1CC(O)CCC1C. The topological polar surface area (TPSA) is 46.5 Å². The van der Waals surface area contributed by atoms with Crippen LogP contribution in [0.3, 0.4) is 0 Å². The van der Waals surface area contributed by atoms with Crippen molar-refractivity contribution in [3.63, 3.8) is 0 Å². The van der Waals surface area contributed by atoms with Gasteiger partial charge in [-0.1, -0.05) is 13.8 Å². The number of carbonyl (C=O) groups is 1. The molecule has 0 aliphatic heterocycles. The van der Waals surface area contributed by atoms with E-state index in [1.807, 2.05) is 6.92 Å². The molecule has 0 aromatic rings. The van der Waals surface area contributed by atoms with Crippen LogP contribution in [0.5, 0.6) is 0 Å². The second-order valence-electron chi connectivity index (χ2n) is 4.22. The standard InChI is InChI=1S/C11H20O3/c1-3-6-14-11(13)10-7-9(12)5-4-8(10)2/h8-10,12H,3-7H2,1-2H3. The van der Waals surface area contributed by atoms with Gasteiger partial charge in [-0.2, -0.15) is 0 Å². The summed E-state index contributed by atoms with van der Waals surface area (Å²) in [6.07, 6.45) is 2.86. The number of ether oxygens (including phenoxy) is 1. The highest BCUT2D eigenvalue weighted by molar-refractivity contribution is 5.72.